The molecule has 0 saturated heterocycles. The quantitative estimate of drug-likeness (QED) is 0.578. The third-order valence-electron chi connectivity index (χ3n) is 1.33. The van der Waals surface area contributed by atoms with E-state index in [0.29, 0.717) is 0 Å². The highest BCUT2D eigenvalue weighted by Gasteiger charge is 2.26. The molecule has 0 spiro atoms. The van der Waals surface area contributed by atoms with Crippen LogP contribution in [0.1, 0.15) is 6.42 Å². The van der Waals surface area contributed by atoms with Crippen molar-refractivity contribution in [3.8, 4) is 0 Å². The lowest BCUT2D eigenvalue weighted by atomic mass is 10.2. The first-order valence-electron chi connectivity index (χ1n) is 3.45. The highest BCUT2D eigenvalue weighted by molar-refractivity contribution is 9.12. The van der Waals surface area contributed by atoms with E-state index in [0.717, 1.165) is 0 Å². The van der Waals surface area contributed by atoms with E-state index in [2.05, 4.69) is 41.3 Å². The van der Waals surface area contributed by atoms with E-state index in [9.17, 15) is 9.59 Å². The van der Waals surface area contributed by atoms with Gasteiger partial charge in [0.1, 0.15) is 4.83 Å². The zero-order valence-corrected chi connectivity index (χ0v) is 10.4. The zero-order chi connectivity index (χ0) is 10.4. The van der Waals surface area contributed by atoms with Gasteiger partial charge in [0, 0.05) is 4.83 Å². The van der Waals surface area contributed by atoms with E-state index < -0.39 is 10.8 Å². The molecule has 0 aromatic heterocycles. The third-order valence-corrected chi connectivity index (χ3v) is 3.91. The fourth-order valence-corrected chi connectivity index (χ4v) is 1.46. The summed E-state index contributed by atoms with van der Waals surface area (Å²) in [4.78, 5) is 20.9. The molecule has 0 fully saturated rings. The minimum Gasteiger partial charge on any atom is -0.469 e. The van der Waals surface area contributed by atoms with Gasteiger partial charge in [-0.05, 0) is 0 Å². The molecule has 0 aromatic rings. The Morgan fingerprint density at radius 3 is 2.15 bits per heavy atom. The summed E-state index contributed by atoms with van der Waals surface area (Å²) in [7, 11) is 2.58. The molecule has 2 unspecified atom stereocenters. The average molecular weight is 318 g/mol. The summed E-state index contributed by atoms with van der Waals surface area (Å²) in [5.41, 5.74) is 0. The zero-order valence-electron chi connectivity index (χ0n) is 7.25. The fraction of sp³-hybridized carbons (Fsp3) is 0.714. The lowest BCUT2D eigenvalue weighted by Gasteiger charge is -2.12. The molecule has 0 aliphatic rings. The van der Waals surface area contributed by atoms with Gasteiger partial charge in [-0.1, -0.05) is 31.9 Å². The van der Waals surface area contributed by atoms with Gasteiger partial charge in [-0.15, -0.1) is 0 Å². The van der Waals surface area contributed by atoms with Crippen molar-refractivity contribution in [3.63, 3.8) is 0 Å². The van der Waals surface area contributed by atoms with Crippen LogP contribution >= 0.6 is 31.9 Å². The summed E-state index contributed by atoms with van der Waals surface area (Å²) in [5, 5.41) is 0. The summed E-state index contributed by atoms with van der Waals surface area (Å²) in [6, 6.07) is 0. The summed E-state index contributed by atoms with van der Waals surface area (Å²) < 4.78 is 8.92. The average Bonchev–Trinajstić information content (AvgIpc) is 2.14. The molecule has 0 rings (SSSR count). The topological polar surface area (TPSA) is 52.6 Å². The molecule has 0 aliphatic carbocycles. The molecule has 76 valence electrons. The lowest BCUT2D eigenvalue weighted by molar-refractivity contribution is -0.141. The molecule has 0 bridgehead atoms. The third kappa shape index (κ3) is 4.61. The standard InChI is InChI=1S/C7H10Br2O4/c1-12-5(10)3-4(8)6(9)7(11)13-2/h4,6H,3H2,1-2H3. The van der Waals surface area contributed by atoms with Crippen molar-refractivity contribution in [1.29, 1.82) is 0 Å². The molecule has 0 radical (unpaired) electrons. The van der Waals surface area contributed by atoms with Gasteiger partial charge in [0.25, 0.3) is 0 Å². The van der Waals surface area contributed by atoms with Crippen LogP contribution in [0.5, 0.6) is 0 Å². The maximum atomic E-state index is 11.0. The molecule has 0 aromatic carbocycles. The number of alkyl halides is 2. The molecule has 13 heavy (non-hydrogen) atoms. The second kappa shape index (κ2) is 6.37. The number of hydrogen-bond acceptors (Lipinski definition) is 4. The molecular formula is C7H10Br2O4. The highest BCUT2D eigenvalue weighted by atomic mass is 79.9. The van der Waals surface area contributed by atoms with Crippen LogP contribution in [0.3, 0.4) is 0 Å². The van der Waals surface area contributed by atoms with Crippen LogP contribution in [0.4, 0.5) is 0 Å². The molecule has 0 N–H and O–H groups in total. The minimum atomic E-state index is -0.545. The van der Waals surface area contributed by atoms with Crippen LogP contribution in [-0.2, 0) is 19.1 Å². The van der Waals surface area contributed by atoms with Crippen molar-refractivity contribution in [1.82, 2.24) is 0 Å². The Balaban J connectivity index is 4.02. The van der Waals surface area contributed by atoms with Gasteiger partial charge in [0.05, 0.1) is 20.6 Å². The maximum Gasteiger partial charge on any atom is 0.320 e. The summed E-state index contributed by atoms with van der Waals surface area (Å²) >= 11 is 6.27. The van der Waals surface area contributed by atoms with Gasteiger partial charge in [-0.2, -0.15) is 0 Å². The first-order valence-corrected chi connectivity index (χ1v) is 5.28. The SMILES string of the molecule is COC(=O)CC(Br)C(Br)C(=O)OC. The van der Waals surface area contributed by atoms with E-state index >= 15 is 0 Å². The Bertz CT molecular complexity index is 195. The lowest BCUT2D eigenvalue weighted by Crippen LogP contribution is -2.27. The molecule has 0 saturated carbocycles. The van der Waals surface area contributed by atoms with Crippen molar-refractivity contribution < 1.29 is 19.1 Å². The molecule has 6 heteroatoms. The van der Waals surface area contributed by atoms with Crippen LogP contribution in [-0.4, -0.2) is 35.8 Å². The van der Waals surface area contributed by atoms with Crippen molar-refractivity contribution in [2.24, 2.45) is 0 Å². The Hall–Kier alpha value is -0.100. The van der Waals surface area contributed by atoms with Crippen LogP contribution in [0.2, 0.25) is 0 Å². The monoisotopic (exact) mass is 316 g/mol. The van der Waals surface area contributed by atoms with E-state index in [-0.39, 0.29) is 17.2 Å². The maximum absolute atomic E-state index is 11.0. The van der Waals surface area contributed by atoms with Crippen molar-refractivity contribution in [2.75, 3.05) is 14.2 Å². The summed E-state index contributed by atoms with van der Waals surface area (Å²) in [5.74, 6) is -0.805. The number of ether oxygens (including phenoxy) is 2. The van der Waals surface area contributed by atoms with Gasteiger partial charge >= 0.3 is 11.9 Å². The van der Waals surface area contributed by atoms with E-state index in [1.54, 1.807) is 0 Å². The second-order valence-electron chi connectivity index (χ2n) is 2.22. The van der Waals surface area contributed by atoms with Crippen molar-refractivity contribution >= 4 is 43.8 Å². The van der Waals surface area contributed by atoms with E-state index in [1.165, 1.54) is 14.2 Å². The van der Waals surface area contributed by atoms with Gasteiger partial charge < -0.3 is 9.47 Å². The van der Waals surface area contributed by atoms with Gasteiger partial charge in [-0.3, -0.25) is 9.59 Å². The van der Waals surface area contributed by atoms with Crippen LogP contribution < -0.4 is 0 Å². The largest absolute Gasteiger partial charge is 0.469 e. The predicted molar refractivity (Wildman–Crippen MR) is 54.1 cm³/mol. The van der Waals surface area contributed by atoms with Gasteiger partial charge in [-0.25, -0.2) is 0 Å². The van der Waals surface area contributed by atoms with Crippen LogP contribution in [0.15, 0.2) is 0 Å². The van der Waals surface area contributed by atoms with Gasteiger partial charge in [0.15, 0.2) is 0 Å². The van der Waals surface area contributed by atoms with Crippen molar-refractivity contribution in [3.05, 3.63) is 0 Å². The number of esters is 2. The molecular weight excluding hydrogens is 308 g/mol. The smallest absolute Gasteiger partial charge is 0.320 e. The number of carbonyl (C=O) groups excluding carboxylic acids is 2. The Morgan fingerprint density at radius 1 is 1.23 bits per heavy atom. The predicted octanol–water partition coefficient (Wildman–Crippen LogP) is 1.25. The number of rotatable bonds is 4. The number of carbonyl (C=O) groups is 2. The fourth-order valence-electron chi connectivity index (χ4n) is 0.606. The normalized spacial score (nSPS) is 14.5. The summed E-state index contributed by atoms with van der Waals surface area (Å²) in [6.45, 7) is 0. The van der Waals surface area contributed by atoms with Crippen LogP contribution in [0, 0.1) is 0 Å². The van der Waals surface area contributed by atoms with E-state index in [4.69, 9.17) is 0 Å². The summed E-state index contributed by atoms with van der Waals surface area (Å²) in [6.07, 6.45) is 0.113. The first-order chi connectivity index (χ1) is 6.02. The molecule has 4 nitrogen and oxygen atoms in total. The van der Waals surface area contributed by atoms with Crippen molar-refractivity contribution in [2.45, 2.75) is 16.1 Å². The van der Waals surface area contributed by atoms with Gasteiger partial charge in [0.2, 0.25) is 0 Å². The number of halogens is 2. The molecule has 0 aliphatic heterocycles. The first kappa shape index (κ1) is 12.9. The minimum absolute atomic E-state index is 0.113. The van der Waals surface area contributed by atoms with E-state index in [1.807, 2.05) is 0 Å². The highest BCUT2D eigenvalue weighted by Crippen LogP contribution is 2.19. The van der Waals surface area contributed by atoms with Crippen LogP contribution in [0.25, 0.3) is 0 Å². The molecule has 0 heterocycles. The molecule has 0 amide bonds. The molecule has 2 atom stereocenters. The number of methoxy groups -OCH3 is 2. The Kier molecular flexibility index (Phi) is 6.32. The Morgan fingerprint density at radius 2 is 1.77 bits per heavy atom. The second-order valence-corrected chi connectivity index (χ2v) is 4.38. The Labute approximate surface area is 93.2 Å². The number of hydrogen-bond donors (Lipinski definition) is 0.